The molecule has 38 heavy (non-hydrogen) atoms. The zero-order valence-electron chi connectivity index (χ0n) is 22.0. The lowest BCUT2D eigenvalue weighted by molar-refractivity contribution is -0.144. The summed E-state index contributed by atoms with van der Waals surface area (Å²) in [5.41, 5.74) is 2.12. The molecular weight excluding hydrogens is 508 g/mol. The number of benzene rings is 1. The van der Waals surface area contributed by atoms with Gasteiger partial charge in [-0.1, -0.05) is 38.1 Å². The van der Waals surface area contributed by atoms with Gasteiger partial charge in [-0.15, -0.1) is 0 Å². The maximum Gasteiger partial charge on any atom is 0.326 e. The molecule has 2 aromatic heterocycles. The number of carbonyl (C=O) groups excluding carboxylic acids is 2. The van der Waals surface area contributed by atoms with Crippen molar-refractivity contribution in [1.29, 1.82) is 0 Å². The second-order valence-electron chi connectivity index (χ2n) is 9.32. The Kier molecular flexibility index (Phi) is 9.40. The van der Waals surface area contributed by atoms with E-state index in [1.54, 1.807) is 31.3 Å². The molecule has 3 rings (SSSR count). The van der Waals surface area contributed by atoms with Crippen molar-refractivity contribution in [2.24, 2.45) is 13.0 Å². The van der Waals surface area contributed by atoms with E-state index < -0.39 is 24.0 Å². The number of nitrogens with zero attached hydrogens (tertiary/aromatic N) is 3. The van der Waals surface area contributed by atoms with Gasteiger partial charge in [0.25, 0.3) is 5.56 Å². The van der Waals surface area contributed by atoms with E-state index in [1.165, 1.54) is 41.3 Å². The number of aromatic nitrogens is 2. The van der Waals surface area contributed by atoms with E-state index in [2.05, 4.69) is 10.4 Å². The van der Waals surface area contributed by atoms with Crippen LogP contribution in [0.1, 0.15) is 25.0 Å². The van der Waals surface area contributed by atoms with E-state index in [9.17, 15) is 24.3 Å². The first-order valence-electron chi connectivity index (χ1n) is 12.0. The third-order valence-electron chi connectivity index (χ3n) is 6.27. The van der Waals surface area contributed by atoms with Crippen molar-refractivity contribution in [2.45, 2.75) is 38.8 Å². The minimum Gasteiger partial charge on any atom is -0.494 e. The van der Waals surface area contributed by atoms with Gasteiger partial charge >= 0.3 is 5.97 Å². The molecule has 2 heterocycles. The van der Waals surface area contributed by atoms with Crippen LogP contribution in [0.3, 0.4) is 0 Å². The van der Waals surface area contributed by atoms with Crippen molar-refractivity contribution in [3.8, 4) is 16.9 Å². The van der Waals surface area contributed by atoms with Crippen LogP contribution in [0.15, 0.2) is 52.1 Å². The molecule has 0 aliphatic carbocycles. The zero-order chi connectivity index (χ0) is 28.0. The van der Waals surface area contributed by atoms with Crippen LogP contribution in [0.4, 0.5) is 0 Å². The number of hydrogen-bond acceptors (Lipinski definition) is 7. The number of thiophene rings is 1. The summed E-state index contributed by atoms with van der Waals surface area (Å²) >= 11 is 1.49. The van der Waals surface area contributed by atoms with Gasteiger partial charge in [-0.2, -0.15) is 16.4 Å². The maximum absolute atomic E-state index is 13.2. The summed E-state index contributed by atoms with van der Waals surface area (Å²) in [6.45, 7) is 3.62. The number of likely N-dealkylation sites (N-methyl/N-ethyl adjacent to an activating group) is 1. The molecule has 10 nitrogen and oxygen atoms in total. The van der Waals surface area contributed by atoms with Crippen LogP contribution < -0.4 is 15.6 Å². The molecule has 1 aromatic carbocycles. The number of carboxylic acids is 1. The second kappa shape index (κ2) is 12.5. The first-order valence-corrected chi connectivity index (χ1v) is 13.0. The molecule has 0 aliphatic heterocycles. The average molecular weight is 541 g/mol. The smallest absolute Gasteiger partial charge is 0.326 e. The van der Waals surface area contributed by atoms with Gasteiger partial charge in [0.05, 0.1) is 25.3 Å². The molecule has 2 N–H and O–H groups in total. The number of hydrogen-bond donors (Lipinski definition) is 2. The summed E-state index contributed by atoms with van der Waals surface area (Å²) < 4.78 is 6.49. The SMILES string of the molecule is COc1cnn(C)c(=O)c1-c1ccc(C[C@H](NC(=O)[C@@H](C(C)C)N(C)C(=O)Cc2ccsc2)C(=O)O)cc1. The highest BCUT2D eigenvalue weighted by Crippen LogP contribution is 2.26. The van der Waals surface area contributed by atoms with E-state index in [-0.39, 0.29) is 30.2 Å². The highest BCUT2D eigenvalue weighted by atomic mass is 32.1. The number of ether oxygens (including phenoxy) is 1. The lowest BCUT2D eigenvalue weighted by Crippen LogP contribution is -2.54. The molecule has 2 atom stereocenters. The summed E-state index contributed by atoms with van der Waals surface area (Å²) in [6.07, 6.45) is 1.63. The molecule has 0 saturated carbocycles. The second-order valence-corrected chi connectivity index (χ2v) is 10.1. The number of aliphatic carboxylic acids is 1. The maximum atomic E-state index is 13.2. The fraction of sp³-hybridized carbons (Fsp3) is 0.370. The van der Waals surface area contributed by atoms with Gasteiger partial charge in [-0.25, -0.2) is 9.48 Å². The van der Waals surface area contributed by atoms with Crippen LogP contribution in [0.5, 0.6) is 5.75 Å². The lowest BCUT2D eigenvalue weighted by Gasteiger charge is -2.31. The number of carboxylic acid groups (broad SMARTS) is 1. The van der Waals surface area contributed by atoms with Gasteiger partial charge in [0.15, 0.2) is 5.75 Å². The van der Waals surface area contributed by atoms with Gasteiger partial charge in [-0.3, -0.25) is 14.4 Å². The van der Waals surface area contributed by atoms with Crippen molar-refractivity contribution in [3.63, 3.8) is 0 Å². The predicted octanol–water partition coefficient (Wildman–Crippen LogP) is 2.36. The quantitative estimate of drug-likeness (QED) is 0.382. The Morgan fingerprint density at radius 3 is 2.39 bits per heavy atom. The van der Waals surface area contributed by atoms with Crippen LogP contribution in [0.25, 0.3) is 11.1 Å². The van der Waals surface area contributed by atoms with Crippen LogP contribution >= 0.6 is 11.3 Å². The van der Waals surface area contributed by atoms with Crippen LogP contribution in [0.2, 0.25) is 0 Å². The van der Waals surface area contributed by atoms with Gasteiger partial charge < -0.3 is 20.1 Å². The van der Waals surface area contributed by atoms with Crippen molar-refractivity contribution in [2.75, 3.05) is 14.2 Å². The Bertz CT molecular complexity index is 1330. The zero-order valence-corrected chi connectivity index (χ0v) is 22.8. The Balaban J connectivity index is 1.75. The highest BCUT2D eigenvalue weighted by Gasteiger charge is 2.32. The summed E-state index contributed by atoms with van der Waals surface area (Å²) in [6, 6.07) is 6.61. The fourth-order valence-electron chi connectivity index (χ4n) is 4.22. The number of amides is 2. The first kappa shape index (κ1) is 28.6. The van der Waals surface area contributed by atoms with E-state index in [1.807, 2.05) is 30.7 Å². The average Bonchev–Trinajstić information content (AvgIpc) is 3.38. The van der Waals surface area contributed by atoms with E-state index in [4.69, 9.17) is 4.74 Å². The molecule has 202 valence electrons. The third-order valence-corrected chi connectivity index (χ3v) is 7.00. The predicted molar refractivity (Wildman–Crippen MR) is 144 cm³/mol. The largest absolute Gasteiger partial charge is 0.494 e. The standard InChI is InChI=1S/C27H32N4O6S/c1-16(2)24(30(3)22(32)13-18-10-11-38-15-18)25(33)29-20(27(35)36)12-17-6-8-19(9-7-17)23-21(37-5)14-28-31(4)26(23)34/h6-11,14-16,20,24H,12-13H2,1-5H3,(H,29,33)(H,35,36)/t20-,24+/m0/s1. The van der Waals surface area contributed by atoms with Crippen LogP contribution in [0, 0.1) is 5.92 Å². The number of nitrogens with one attached hydrogen (secondary N) is 1. The molecule has 0 spiro atoms. The molecule has 3 aromatic rings. The minimum absolute atomic E-state index is 0.0181. The van der Waals surface area contributed by atoms with E-state index in [0.717, 1.165) is 5.56 Å². The van der Waals surface area contributed by atoms with Crippen molar-refractivity contribution < 1.29 is 24.2 Å². The molecule has 11 heteroatoms. The monoisotopic (exact) mass is 540 g/mol. The number of aryl methyl sites for hydroxylation is 1. The molecule has 0 bridgehead atoms. The molecule has 0 aliphatic rings. The van der Waals surface area contributed by atoms with Gasteiger partial charge in [0.2, 0.25) is 11.8 Å². The molecule has 0 radical (unpaired) electrons. The summed E-state index contributed by atoms with van der Waals surface area (Å²) in [7, 11) is 4.55. The number of methoxy groups -OCH3 is 1. The van der Waals surface area contributed by atoms with E-state index >= 15 is 0 Å². The minimum atomic E-state index is -1.21. The molecule has 2 amide bonds. The van der Waals surface area contributed by atoms with Crippen LogP contribution in [-0.4, -0.2) is 63.8 Å². The summed E-state index contributed by atoms with van der Waals surface area (Å²) in [5, 5.41) is 20.2. The van der Waals surface area contributed by atoms with Crippen molar-refractivity contribution in [3.05, 3.63) is 68.8 Å². The third kappa shape index (κ3) is 6.65. The highest BCUT2D eigenvalue weighted by molar-refractivity contribution is 7.08. The summed E-state index contributed by atoms with van der Waals surface area (Å²) in [4.78, 5) is 52.0. The number of carbonyl (C=O) groups is 3. The van der Waals surface area contributed by atoms with Crippen molar-refractivity contribution >= 4 is 29.1 Å². The molecule has 0 unspecified atom stereocenters. The molecule has 0 fully saturated rings. The van der Waals surface area contributed by atoms with Crippen LogP contribution in [-0.2, 0) is 34.3 Å². The Morgan fingerprint density at radius 2 is 1.84 bits per heavy atom. The fourth-order valence-corrected chi connectivity index (χ4v) is 4.89. The molecule has 0 saturated heterocycles. The van der Waals surface area contributed by atoms with Gasteiger partial charge in [-0.05, 0) is 39.4 Å². The molecular formula is C27H32N4O6S. The van der Waals surface area contributed by atoms with Crippen molar-refractivity contribution in [1.82, 2.24) is 20.0 Å². The van der Waals surface area contributed by atoms with Gasteiger partial charge in [0, 0.05) is 20.5 Å². The Morgan fingerprint density at radius 1 is 1.16 bits per heavy atom. The summed E-state index contributed by atoms with van der Waals surface area (Å²) in [5.74, 6) is -1.86. The number of rotatable bonds is 11. The topological polar surface area (TPSA) is 131 Å². The van der Waals surface area contributed by atoms with E-state index in [0.29, 0.717) is 22.4 Å². The first-order chi connectivity index (χ1) is 18.0. The Hall–Kier alpha value is -3.99. The normalized spacial score (nSPS) is 12.6. The lowest BCUT2D eigenvalue weighted by atomic mass is 9.98. The Labute approximate surface area is 224 Å². The van der Waals surface area contributed by atoms with Gasteiger partial charge in [0.1, 0.15) is 12.1 Å².